The predicted molar refractivity (Wildman–Crippen MR) is 105 cm³/mol. The van der Waals surface area contributed by atoms with Crippen LogP contribution < -0.4 is 4.74 Å². The van der Waals surface area contributed by atoms with Gasteiger partial charge in [-0.2, -0.15) is 4.39 Å². The smallest absolute Gasteiger partial charge is 0.376 e. The van der Waals surface area contributed by atoms with E-state index in [4.69, 9.17) is 9.47 Å². The van der Waals surface area contributed by atoms with Crippen molar-refractivity contribution >= 4 is 16.8 Å². The third kappa shape index (κ3) is 4.21. The highest BCUT2D eigenvalue weighted by Gasteiger charge is 2.27. The van der Waals surface area contributed by atoms with E-state index in [2.05, 4.69) is 19.8 Å². The number of hydrogen-bond donors (Lipinski definition) is 0. The molecule has 11 heteroatoms. The summed E-state index contributed by atoms with van der Waals surface area (Å²) in [7, 11) is 1.13. The van der Waals surface area contributed by atoms with E-state index in [0.29, 0.717) is 27.5 Å². The molecule has 0 saturated heterocycles. The second kappa shape index (κ2) is 9.09. The van der Waals surface area contributed by atoms with Crippen LogP contribution in [0.2, 0.25) is 0 Å². The summed E-state index contributed by atoms with van der Waals surface area (Å²) in [6.07, 6.45) is 3.03. The number of esters is 1. The van der Waals surface area contributed by atoms with Gasteiger partial charge in [0.25, 0.3) is 0 Å². The van der Waals surface area contributed by atoms with Crippen molar-refractivity contribution in [3.8, 4) is 23.0 Å². The van der Waals surface area contributed by atoms with Gasteiger partial charge >= 0.3 is 12.3 Å². The maximum absolute atomic E-state index is 13.4. The van der Waals surface area contributed by atoms with Crippen molar-refractivity contribution in [3.63, 3.8) is 0 Å². The second-order valence-electron chi connectivity index (χ2n) is 6.05. The molecule has 3 rings (SSSR count). The third-order valence-electron chi connectivity index (χ3n) is 4.17. The van der Waals surface area contributed by atoms with Crippen molar-refractivity contribution in [2.24, 2.45) is 0 Å². The Morgan fingerprint density at radius 3 is 2.60 bits per heavy atom. The number of halogens is 1. The normalized spacial score (nSPS) is 13.0. The molecule has 0 fully saturated rings. The van der Waals surface area contributed by atoms with Crippen LogP contribution in [0.3, 0.4) is 0 Å². The lowest BCUT2D eigenvalue weighted by Gasteiger charge is -2.13. The number of rotatable bonds is 7. The van der Waals surface area contributed by atoms with Gasteiger partial charge in [0.2, 0.25) is 11.8 Å². The lowest BCUT2D eigenvalue weighted by Crippen LogP contribution is -2.30. The number of ether oxygens (including phenoxy) is 3. The first-order valence-electron chi connectivity index (χ1n) is 8.65. The van der Waals surface area contributed by atoms with E-state index in [1.807, 2.05) is 0 Å². The van der Waals surface area contributed by atoms with Gasteiger partial charge in [0.15, 0.2) is 5.82 Å². The Bertz CT molecular complexity index is 1090. The Hall–Kier alpha value is -3.18. The van der Waals surface area contributed by atoms with Gasteiger partial charge in [-0.15, -0.1) is 5.10 Å². The molecule has 3 heterocycles. The Morgan fingerprint density at radius 1 is 1.23 bits per heavy atom. The van der Waals surface area contributed by atoms with Crippen LogP contribution in [0.4, 0.5) is 4.39 Å². The maximum Gasteiger partial charge on any atom is 0.376 e. The first-order chi connectivity index (χ1) is 14.4. The fourth-order valence-electron chi connectivity index (χ4n) is 2.75. The fraction of sp³-hybridized carbons (Fsp3) is 0.263. The SMILES string of the molecule is COC(=O)C(OC)Oc1nn(-c2ncccc2S(C)=O)c(-c2ccc(F)nc2)c1C. The van der Waals surface area contributed by atoms with E-state index in [1.165, 1.54) is 49.7 Å². The number of methoxy groups -OCH3 is 2. The Balaban J connectivity index is 2.22. The lowest BCUT2D eigenvalue weighted by atomic mass is 10.1. The van der Waals surface area contributed by atoms with Gasteiger partial charge in [0, 0.05) is 36.9 Å². The van der Waals surface area contributed by atoms with E-state index in [1.54, 1.807) is 19.1 Å². The molecule has 0 aliphatic rings. The van der Waals surface area contributed by atoms with Crippen molar-refractivity contribution in [2.45, 2.75) is 18.1 Å². The molecule has 0 bridgehead atoms. The molecule has 0 N–H and O–H groups in total. The Kier molecular flexibility index (Phi) is 6.53. The highest BCUT2D eigenvalue weighted by molar-refractivity contribution is 7.84. The van der Waals surface area contributed by atoms with E-state index in [9.17, 15) is 13.4 Å². The first kappa shape index (κ1) is 21.5. The summed E-state index contributed by atoms with van der Waals surface area (Å²) >= 11 is 0. The minimum absolute atomic E-state index is 0.0602. The van der Waals surface area contributed by atoms with E-state index < -0.39 is 29.0 Å². The summed E-state index contributed by atoms with van der Waals surface area (Å²) in [5.74, 6) is -1.03. The first-order valence-corrected chi connectivity index (χ1v) is 10.2. The quantitative estimate of drug-likeness (QED) is 0.316. The van der Waals surface area contributed by atoms with Gasteiger partial charge in [0.1, 0.15) is 0 Å². The van der Waals surface area contributed by atoms with Gasteiger partial charge < -0.3 is 14.2 Å². The molecule has 2 unspecified atom stereocenters. The molecule has 0 spiro atoms. The van der Waals surface area contributed by atoms with Crippen molar-refractivity contribution in [2.75, 3.05) is 20.5 Å². The molecule has 2 atom stereocenters. The zero-order chi connectivity index (χ0) is 21.8. The summed E-state index contributed by atoms with van der Waals surface area (Å²) in [6.45, 7) is 1.70. The highest BCUT2D eigenvalue weighted by Crippen LogP contribution is 2.33. The summed E-state index contributed by atoms with van der Waals surface area (Å²) in [6, 6.07) is 6.04. The molecule has 0 saturated carbocycles. The van der Waals surface area contributed by atoms with Gasteiger partial charge in [-0.25, -0.2) is 19.4 Å². The van der Waals surface area contributed by atoms with Crippen molar-refractivity contribution in [3.05, 3.63) is 48.2 Å². The molecule has 3 aromatic heterocycles. The summed E-state index contributed by atoms with van der Waals surface area (Å²) < 4.78 is 42.3. The number of pyridine rings is 2. The Labute approximate surface area is 174 Å². The monoisotopic (exact) mass is 434 g/mol. The lowest BCUT2D eigenvalue weighted by molar-refractivity contribution is -0.170. The molecule has 0 aromatic carbocycles. The molecular weight excluding hydrogens is 415 g/mol. The fourth-order valence-corrected chi connectivity index (χ4v) is 3.42. The van der Waals surface area contributed by atoms with Crippen LogP contribution in [-0.4, -0.2) is 56.7 Å². The number of nitrogens with zero attached hydrogens (tertiary/aromatic N) is 4. The minimum Gasteiger partial charge on any atom is -0.464 e. The maximum atomic E-state index is 13.4. The molecule has 0 aliphatic heterocycles. The predicted octanol–water partition coefficient (Wildman–Crippen LogP) is 2.04. The van der Waals surface area contributed by atoms with Crippen LogP contribution >= 0.6 is 0 Å². The minimum atomic E-state index is -1.37. The van der Waals surface area contributed by atoms with Gasteiger partial charge in [0.05, 0.1) is 28.5 Å². The highest BCUT2D eigenvalue weighted by atomic mass is 32.2. The van der Waals surface area contributed by atoms with Crippen LogP contribution in [0.25, 0.3) is 17.1 Å². The summed E-state index contributed by atoms with van der Waals surface area (Å²) in [5, 5.41) is 4.41. The molecule has 9 nitrogen and oxygen atoms in total. The zero-order valence-corrected chi connectivity index (χ0v) is 17.5. The number of aromatic nitrogens is 4. The average molecular weight is 434 g/mol. The van der Waals surface area contributed by atoms with Gasteiger partial charge in [-0.3, -0.25) is 4.21 Å². The van der Waals surface area contributed by atoms with Crippen LogP contribution in [0.5, 0.6) is 5.88 Å². The second-order valence-corrected chi connectivity index (χ2v) is 7.40. The van der Waals surface area contributed by atoms with E-state index in [0.717, 1.165) is 0 Å². The number of hydrogen-bond acceptors (Lipinski definition) is 8. The zero-order valence-electron chi connectivity index (χ0n) is 16.7. The average Bonchev–Trinajstić information content (AvgIpc) is 3.07. The topological polar surface area (TPSA) is 105 Å². The van der Waals surface area contributed by atoms with Crippen LogP contribution in [-0.2, 0) is 25.1 Å². The summed E-state index contributed by atoms with van der Waals surface area (Å²) in [5.41, 5.74) is 1.50. The largest absolute Gasteiger partial charge is 0.464 e. The molecule has 158 valence electrons. The third-order valence-corrected chi connectivity index (χ3v) is 5.11. The van der Waals surface area contributed by atoms with Crippen molar-refractivity contribution in [1.82, 2.24) is 19.7 Å². The molecule has 3 aromatic rings. The van der Waals surface area contributed by atoms with Crippen LogP contribution in [0.15, 0.2) is 41.6 Å². The van der Waals surface area contributed by atoms with Gasteiger partial charge in [-0.1, -0.05) is 0 Å². The van der Waals surface area contributed by atoms with E-state index >= 15 is 0 Å². The standard InChI is InChI=1S/C19H19FN4O5S/c1-11-15(12-7-8-14(20)22-10-12)24(16-13(30(4)26)6-5-9-21-16)23-17(11)29-19(28-3)18(25)27-2/h5-10,19H,1-4H3. The van der Waals surface area contributed by atoms with Gasteiger partial charge in [-0.05, 0) is 31.2 Å². The molecule has 0 aliphatic carbocycles. The molecule has 0 radical (unpaired) electrons. The van der Waals surface area contributed by atoms with Crippen molar-refractivity contribution < 1.29 is 27.6 Å². The summed E-state index contributed by atoms with van der Waals surface area (Å²) in [4.78, 5) is 20.3. The molecule has 0 amide bonds. The van der Waals surface area contributed by atoms with Crippen LogP contribution in [0.1, 0.15) is 5.56 Å². The molecular formula is C19H19FN4O5S. The van der Waals surface area contributed by atoms with Crippen molar-refractivity contribution in [1.29, 1.82) is 0 Å². The van der Waals surface area contributed by atoms with Crippen LogP contribution in [0, 0.1) is 12.9 Å². The number of carbonyl (C=O) groups excluding carboxylic acids is 1. The number of carbonyl (C=O) groups is 1. The van der Waals surface area contributed by atoms with E-state index in [-0.39, 0.29) is 5.88 Å². The molecule has 30 heavy (non-hydrogen) atoms. The Morgan fingerprint density at radius 2 is 2.00 bits per heavy atom.